The molecule has 25 heavy (non-hydrogen) atoms. The predicted octanol–water partition coefficient (Wildman–Crippen LogP) is 0.884. The number of rotatable bonds is 7. The van der Waals surface area contributed by atoms with Gasteiger partial charge in [0.1, 0.15) is 6.04 Å². The largest absolute Gasteiger partial charge is 0.481 e. The van der Waals surface area contributed by atoms with E-state index >= 15 is 0 Å². The van der Waals surface area contributed by atoms with Gasteiger partial charge in [-0.05, 0) is 19.1 Å². The van der Waals surface area contributed by atoms with Crippen molar-refractivity contribution in [2.75, 3.05) is 14.2 Å². The molecule has 0 radical (unpaired) electrons. The van der Waals surface area contributed by atoms with Crippen LogP contribution in [-0.4, -0.2) is 52.2 Å². The fourth-order valence-corrected chi connectivity index (χ4v) is 1.71. The number of hydrogen-bond donors (Lipinski definition) is 2. The molecule has 10 heteroatoms. The molecular weight excluding hydrogens is 332 g/mol. The van der Waals surface area contributed by atoms with Crippen molar-refractivity contribution >= 4 is 11.9 Å². The standard InChI is InChI=1S/C15H16N4O6/c1-8(14(21)22)17-13(20)12-9(5-4-6-16-12)25-15-18-10(23-2)7-11(19-15)24-3/h4-8H,1-3H3,(H,17,20)(H,21,22)/t8-/m0/s1. The SMILES string of the molecule is COc1cc(OC)nc(Oc2cccnc2C(=O)N[C@@H](C)C(=O)O)n1. The fourth-order valence-electron chi connectivity index (χ4n) is 1.71. The van der Waals surface area contributed by atoms with Gasteiger partial charge < -0.3 is 24.6 Å². The fraction of sp³-hybridized carbons (Fsp3) is 0.267. The Bertz CT molecular complexity index is 760. The van der Waals surface area contributed by atoms with E-state index in [0.29, 0.717) is 0 Å². The zero-order valence-corrected chi connectivity index (χ0v) is 13.7. The Morgan fingerprint density at radius 1 is 1.20 bits per heavy atom. The first kappa shape index (κ1) is 17.9. The molecule has 0 aliphatic heterocycles. The second kappa shape index (κ2) is 7.90. The van der Waals surface area contributed by atoms with Crippen molar-refractivity contribution in [1.29, 1.82) is 0 Å². The molecule has 0 bridgehead atoms. The second-order valence-electron chi connectivity index (χ2n) is 4.72. The lowest BCUT2D eigenvalue weighted by Gasteiger charge is -2.12. The molecule has 2 aromatic heterocycles. The first-order valence-electron chi connectivity index (χ1n) is 7.08. The summed E-state index contributed by atoms with van der Waals surface area (Å²) in [7, 11) is 2.84. The minimum absolute atomic E-state index is 0.0490. The molecule has 0 unspecified atom stereocenters. The molecule has 0 saturated carbocycles. The highest BCUT2D eigenvalue weighted by Gasteiger charge is 2.20. The number of hydrogen-bond acceptors (Lipinski definition) is 8. The van der Waals surface area contributed by atoms with Crippen LogP contribution in [0.15, 0.2) is 24.4 Å². The van der Waals surface area contributed by atoms with Crippen LogP contribution in [0, 0.1) is 0 Å². The summed E-state index contributed by atoms with van der Waals surface area (Å²) in [6.45, 7) is 1.33. The van der Waals surface area contributed by atoms with Crippen LogP contribution in [0.4, 0.5) is 0 Å². The van der Waals surface area contributed by atoms with Gasteiger partial charge in [-0.3, -0.25) is 9.59 Å². The Morgan fingerprint density at radius 3 is 2.40 bits per heavy atom. The summed E-state index contributed by atoms with van der Waals surface area (Å²) >= 11 is 0. The van der Waals surface area contributed by atoms with Crippen LogP contribution in [-0.2, 0) is 4.79 Å². The van der Waals surface area contributed by atoms with Gasteiger partial charge in [0.25, 0.3) is 5.91 Å². The highest BCUT2D eigenvalue weighted by molar-refractivity contribution is 5.97. The number of nitrogens with one attached hydrogen (secondary N) is 1. The molecule has 2 N–H and O–H groups in total. The number of carbonyl (C=O) groups is 2. The number of pyridine rings is 1. The second-order valence-corrected chi connectivity index (χ2v) is 4.72. The predicted molar refractivity (Wildman–Crippen MR) is 84.0 cm³/mol. The van der Waals surface area contributed by atoms with Gasteiger partial charge in [0.05, 0.1) is 20.3 Å². The van der Waals surface area contributed by atoms with Gasteiger partial charge in [-0.1, -0.05) is 0 Å². The van der Waals surface area contributed by atoms with Gasteiger partial charge in [0.2, 0.25) is 11.8 Å². The monoisotopic (exact) mass is 348 g/mol. The van der Waals surface area contributed by atoms with E-state index in [1.54, 1.807) is 6.07 Å². The van der Waals surface area contributed by atoms with Crippen molar-refractivity contribution < 1.29 is 28.9 Å². The Morgan fingerprint density at radius 2 is 1.84 bits per heavy atom. The van der Waals surface area contributed by atoms with Gasteiger partial charge in [0.15, 0.2) is 11.4 Å². The summed E-state index contributed by atoms with van der Waals surface area (Å²) in [5.74, 6) is -1.42. The Kier molecular flexibility index (Phi) is 5.66. The van der Waals surface area contributed by atoms with E-state index in [9.17, 15) is 9.59 Å². The topological polar surface area (TPSA) is 133 Å². The van der Waals surface area contributed by atoms with Crippen LogP contribution in [0.5, 0.6) is 23.5 Å². The zero-order chi connectivity index (χ0) is 18.4. The smallest absolute Gasteiger partial charge is 0.328 e. The van der Waals surface area contributed by atoms with E-state index < -0.39 is 17.9 Å². The normalized spacial score (nSPS) is 11.3. The number of aliphatic carboxylic acids is 1. The molecular formula is C15H16N4O6. The zero-order valence-electron chi connectivity index (χ0n) is 13.7. The molecule has 1 amide bonds. The average molecular weight is 348 g/mol. The molecule has 2 rings (SSSR count). The van der Waals surface area contributed by atoms with Crippen LogP contribution in [0.2, 0.25) is 0 Å². The van der Waals surface area contributed by atoms with Crippen molar-refractivity contribution in [2.24, 2.45) is 0 Å². The molecule has 1 atom stereocenters. The number of nitrogens with zero attached hydrogens (tertiary/aromatic N) is 3. The lowest BCUT2D eigenvalue weighted by atomic mass is 10.2. The number of ether oxygens (including phenoxy) is 3. The number of amides is 1. The van der Waals surface area contributed by atoms with Crippen molar-refractivity contribution in [3.8, 4) is 23.5 Å². The van der Waals surface area contributed by atoms with E-state index in [2.05, 4.69) is 20.3 Å². The molecule has 10 nitrogen and oxygen atoms in total. The molecule has 2 heterocycles. The van der Waals surface area contributed by atoms with Crippen molar-refractivity contribution in [3.63, 3.8) is 0 Å². The molecule has 0 aliphatic rings. The van der Waals surface area contributed by atoms with E-state index in [1.165, 1.54) is 39.5 Å². The van der Waals surface area contributed by atoms with Gasteiger partial charge in [-0.25, -0.2) is 4.98 Å². The van der Waals surface area contributed by atoms with E-state index in [4.69, 9.17) is 19.3 Å². The van der Waals surface area contributed by atoms with E-state index in [1.807, 2.05) is 0 Å². The van der Waals surface area contributed by atoms with Gasteiger partial charge in [-0.2, -0.15) is 9.97 Å². The summed E-state index contributed by atoms with van der Waals surface area (Å²) in [6.07, 6.45) is 1.38. The Balaban J connectivity index is 2.29. The maximum Gasteiger partial charge on any atom is 0.328 e. The van der Waals surface area contributed by atoms with Crippen LogP contribution < -0.4 is 19.5 Å². The maximum absolute atomic E-state index is 12.2. The number of carboxylic acids is 1. The van der Waals surface area contributed by atoms with E-state index in [-0.39, 0.29) is 29.2 Å². The third-order valence-electron chi connectivity index (χ3n) is 2.98. The summed E-state index contributed by atoms with van der Waals surface area (Å²) in [5.41, 5.74) is -0.110. The van der Waals surface area contributed by atoms with Crippen molar-refractivity contribution in [2.45, 2.75) is 13.0 Å². The molecule has 0 spiro atoms. The summed E-state index contributed by atoms with van der Waals surface area (Å²) in [4.78, 5) is 35.0. The highest BCUT2D eigenvalue weighted by atomic mass is 16.5. The van der Waals surface area contributed by atoms with Crippen LogP contribution in [0.25, 0.3) is 0 Å². The van der Waals surface area contributed by atoms with Gasteiger partial charge in [0, 0.05) is 6.20 Å². The van der Waals surface area contributed by atoms with Gasteiger partial charge in [-0.15, -0.1) is 0 Å². The van der Waals surface area contributed by atoms with Crippen LogP contribution in [0.3, 0.4) is 0 Å². The van der Waals surface area contributed by atoms with Crippen molar-refractivity contribution in [3.05, 3.63) is 30.1 Å². The minimum atomic E-state index is -1.17. The van der Waals surface area contributed by atoms with E-state index in [0.717, 1.165) is 0 Å². The lowest BCUT2D eigenvalue weighted by molar-refractivity contribution is -0.138. The highest BCUT2D eigenvalue weighted by Crippen LogP contribution is 2.25. The summed E-state index contributed by atoms with van der Waals surface area (Å²) < 4.78 is 15.5. The molecule has 2 aromatic rings. The quantitative estimate of drug-likeness (QED) is 0.748. The first-order chi connectivity index (χ1) is 11.9. The average Bonchev–Trinajstić information content (AvgIpc) is 2.61. The Labute approximate surface area is 142 Å². The third-order valence-corrected chi connectivity index (χ3v) is 2.98. The van der Waals surface area contributed by atoms with Gasteiger partial charge >= 0.3 is 12.0 Å². The molecule has 0 aliphatic carbocycles. The lowest BCUT2D eigenvalue weighted by Crippen LogP contribution is -2.38. The molecule has 0 aromatic carbocycles. The molecule has 132 valence electrons. The third kappa shape index (κ3) is 4.53. The van der Waals surface area contributed by atoms with Crippen LogP contribution in [0.1, 0.15) is 17.4 Å². The number of carbonyl (C=O) groups excluding carboxylic acids is 1. The number of carboxylic acid groups (broad SMARTS) is 1. The Hall–Kier alpha value is -3.43. The van der Waals surface area contributed by atoms with Crippen molar-refractivity contribution in [1.82, 2.24) is 20.3 Å². The molecule has 0 saturated heterocycles. The summed E-state index contributed by atoms with van der Waals surface area (Å²) in [6, 6.07) is 3.27. The van der Waals surface area contributed by atoms with Crippen LogP contribution >= 0.6 is 0 Å². The summed E-state index contributed by atoms with van der Waals surface area (Å²) in [5, 5.41) is 11.2. The maximum atomic E-state index is 12.2. The minimum Gasteiger partial charge on any atom is -0.481 e. The number of aromatic nitrogens is 3. The number of methoxy groups -OCH3 is 2. The molecule has 0 fully saturated rings. The first-order valence-corrected chi connectivity index (χ1v) is 7.08.